The molecule has 6 rings (SSSR count). The Morgan fingerprint density at radius 1 is 1.03 bits per heavy atom. The first-order valence-electron chi connectivity index (χ1n) is 10.5. The first-order chi connectivity index (χ1) is 16.0. The van der Waals surface area contributed by atoms with Crippen LogP contribution in [0.5, 0.6) is 0 Å². The summed E-state index contributed by atoms with van der Waals surface area (Å²) in [5.74, 6) is -3.93. The van der Waals surface area contributed by atoms with E-state index in [-0.39, 0.29) is 12.2 Å². The first-order valence-corrected chi connectivity index (χ1v) is 10.5. The maximum atomic E-state index is 13.7. The van der Waals surface area contributed by atoms with Crippen LogP contribution in [0.1, 0.15) is 17.5 Å². The molecule has 0 radical (unpaired) electrons. The smallest absolute Gasteiger partial charge is 0.421 e. The van der Waals surface area contributed by atoms with Gasteiger partial charge in [0.2, 0.25) is 0 Å². The van der Waals surface area contributed by atoms with E-state index in [9.17, 15) is 14.0 Å². The van der Waals surface area contributed by atoms with E-state index in [1.807, 2.05) is 30.3 Å². The van der Waals surface area contributed by atoms with E-state index in [1.54, 1.807) is 23.5 Å². The molecule has 0 bridgehead atoms. The third-order valence-electron chi connectivity index (χ3n) is 6.22. The molecule has 33 heavy (non-hydrogen) atoms. The Hall–Kier alpha value is -3.91. The lowest BCUT2D eigenvalue weighted by atomic mass is 9.95. The summed E-state index contributed by atoms with van der Waals surface area (Å²) in [5.41, 5.74) is 3.82. The number of carbonyl (C=O) groups excluding carboxylic acids is 2. The van der Waals surface area contributed by atoms with Gasteiger partial charge in [0.15, 0.2) is 0 Å². The van der Waals surface area contributed by atoms with Gasteiger partial charge < -0.3 is 18.3 Å². The molecule has 8 heteroatoms. The summed E-state index contributed by atoms with van der Waals surface area (Å²) in [4.78, 5) is 25.9. The van der Waals surface area contributed by atoms with Gasteiger partial charge in [-0.05, 0) is 41.8 Å². The van der Waals surface area contributed by atoms with Crippen LogP contribution in [0.2, 0.25) is 0 Å². The average molecular weight is 447 g/mol. The van der Waals surface area contributed by atoms with Crippen molar-refractivity contribution < 1.29 is 32.3 Å². The third-order valence-corrected chi connectivity index (χ3v) is 6.22. The zero-order chi connectivity index (χ0) is 22.6. The van der Waals surface area contributed by atoms with Gasteiger partial charge in [0, 0.05) is 29.4 Å². The Labute approximate surface area is 186 Å². The number of rotatable bonds is 4. The summed E-state index contributed by atoms with van der Waals surface area (Å²) >= 11 is 0. The van der Waals surface area contributed by atoms with Gasteiger partial charge in [-0.15, -0.1) is 0 Å². The topological polar surface area (TPSA) is 82.1 Å². The Kier molecular flexibility index (Phi) is 4.38. The molecule has 166 valence electrons. The molecule has 0 atom stereocenters. The first kappa shape index (κ1) is 19.8. The third kappa shape index (κ3) is 3.22. The average Bonchev–Trinajstić information content (AvgIpc) is 3.51. The van der Waals surface area contributed by atoms with Gasteiger partial charge in [0.05, 0.1) is 18.9 Å². The predicted molar refractivity (Wildman–Crippen MR) is 115 cm³/mol. The van der Waals surface area contributed by atoms with Crippen molar-refractivity contribution in [2.24, 2.45) is 0 Å². The summed E-state index contributed by atoms with van der Waals surface area (Å²) in [6.45, 7) is 0.761. The van der Waals surface area contributed by atoms with E-state index >= 15 is 0 Å². The SMILES string of the molecule is O=C1OC2(CC(c3cccc4ccoc34)=CCN2CCc2coc3ccc(F)cc23)OC1=O. The van der Waals surface area contributed by atoms with Gasteiger partial charge in [-0.25, -0.2) is 18.9 Å². The van der Waals surface area contributed by atoms with Crippen LogP contribution in [-0.4, -0.2) is 35.8 Å². The molecule has 0 amide bonds. The molecule has 2 aliphatic heterocycles. The number of fused-ring (bicyclic) bond motifs is 2. The number of hydrogen-bond donors (Lipinski definition) is 0. The number of hydrogen-bond acceptors (Lipinski definition) is 7. The second kappa shape index (κ2) is 7.31. The maximum Gasteiger partial charge on any atom is 0.421 e. The molecule has 2 aliphatic rings. The van der Waals surface area contributed by atoms with Crippen molar-refractivity contribution in [1.29, 1.82) is 0 Å². The van der Waals surface area contributed by atoms with E-state index in [1.165, 1.54) is 12.1 Å². The molecular formula is C25H18FNO6. The van der Waals surface area contributed by atoms with Crippen molar-refractivity contribution >= 4 is 39.5 Å². The van der Waals surface area contributed by atoms with Crippen LogP contribution < -0.4 is 0 Å². The lowest BCUT2D eigenvalue weighted by Gasteiger charge is -2.40. The van der Waals surface area contributed by atoms with Crippen LogP contribution in [-0.2, 0) is 25.5 Å². The van der Waals surface area contributed by atoms with Crippen molar-refractivity contribution in [2.45, 2.75) is 18.8 Å². The number of nitrogens with zero attached hydrogens (tertiary/aromatic N) is 1. The van der Waals surface area contributed by atoms with Gasteiger partial charge >= 0.3 is 17.8 Å². The Balaban J connectivity index is 1.32. The highest BCUT2D eigenvalue weighted by molar-refractivity contribution is 6.31. The summed E-state index contributed by atoms with van der Waals surface area (Å²) in [6, 6.07) is 12.0. The van der Waals surface area contributed by atoms with Crippen LogP contribution >= 0.6 is 0 Å². The van der Waals surface area contributed by atoms with Crippen LogP contribution in [0.15, 0.2) is 69.9 Å². The molecule has 0 unspecified atom stereocenters. The van der Waals surface area contributed by atoms with Crippen molar-refractivity contribution in [3.05, 3.63) is 78.0 Å². The summed E-state index contributed by atoms with van der Waals surface area (Å²) < 4.78 is 35.9. The minimum atomic E-state index is -1.54. The molecule has 1 saturated heterocycles. The highest BCUT2D eigenvalue weighted by atomic mass is 19.1. The zero-order valence-corrected chi connectivity index (χ0v) is 17.4. The minimum Gasteiger partial charge on any atom is -0.464 e. The molecule has 2 aromatic carbocycles. The van der Waals surface area contributed by atoms with Crippen LogP contribution in [0, 0.1) is 5.82 Å². The second-order valence-electron chi connectivity index (χ2n) is 8.14. The lowest BCUT2D eigenvalue weighted by molar-refractivity contribution is -0.246. The fourth-order valence-corrected chi connectivity index (χ4v) is 4.59. The van der Waals surface area contributed by atoms with Gasteiger partial charge in [-0.1, -0.05) is 24.3 Å². The lowest BCUT2D eigenvalue weighted by Crippen LogP contribution is -2.53. The molecule has 4 aromatic rings. The maximum absolute atomic E-state index is 13.7. The molecule has 0 aliphatic carbocycles. The number of esters is 2. The Morgan fingerprint density at radius 2 is 1.88 bits per heavy atom. The van der Waals surface area contributed by atoms with Crippen molar-refractivity contribution in [2.75, 3.05) is 13.1 Å². The predicted octanol–water partition coefficient (Wildman–Crippen LogP) is 4.40. The van der Waals surface area contributed by atoms with Crippen LogP contribution in [0.25, 0.3) is 27.5 Å². The molecule has 2 aromatic heterocycles. The van der Waals surface area contributed by atoms with E-state index in [2.05, 4.69) is 0 Å². The fraction of sp³-hybridized carbons (Fsp3) is 0.200. The number of para-hydroxylation sites is 1. The van der Waals surface area contributed by atoms with Gasteiger partial charge in [-0.3, -0.25) is 0 Å². The standard InChI is InChI=1S/C25H18FNO6/c26-18-4-5-21-20(12-18)17(14-31-21)7-10-27-9-6-16(13-25(27)32-23(28)24(29)33-25)19-3-1-2-15-8-11-30-22(15)19/h1-6,8,11-12,14H,7,9-10,13H2. The van der Waals surface area contributed by atoms with Crippen molar-refractivity contribution in [3.63, 3.8) is 0 Å². The summed E-state index contributed by atoms with van der Waals surface area (Å²) in [7, 11) is 0. The molecule has 1 fully saturated rings. The monoisotopic (exact) mass is 447 g/mol. The number of halogens is 1. The second-order valence-corrected chi connectivity index (χ2v) is 8.14. The Morgan fingerprint density at radius 3 is 2.73 bits per heavy atom. The molecular weight excluding hydrogens is 429 g/mol. The van der Waals surface area contributed by atoms with E-state index in [0.29, 0.717) is 30.5 Å². The molecule has 7 nitrogen and oxygen atoms in total. The van der Waals surface area contributed by atoms with E-state index in [0.717, 1.165) is 27.7 Å². The number of ether oxygens (including phenoxy) is 2. The zero-order valence-electron chi connectivity index (χ0n) is 17.4. The Bertz CT molecular complexity index is 1430. The van der Waals surface area contributed by atoms with Crippen molar-refractivity contribution in [3.8, 4) is 0 Å². The molecule has 0 N–H and O–H groups in total. The number of benzene rings is 2. The van der Waals surface area contributed by atoms with E-state index < -0.39 is 17.8 Å². The quantitative estimate of drug-likeness (QED) is 0.339. The van der Waals surface area contributed by atoms with E-state index in [4.69, 9.17) is 18.3 Å². The highest BCUT2D eigenvalue weighted by Gasteiger charge is 2.54. The largest absolute Gasteiger partial charge is 0.464 e. The summed E-state index contributed by atoms with van der Waals surface area (Å²) in [5, 5.41) is 1.63. The van der Waals surface area contributed by atoms with Crippen LogP contribution in [0.3, 0.4) is 0 Å². The van der Waals surface area contributed by atoms with Gasteiger partial charge in [0.25, 0.3) is 0 Å². The van der Waals surface area contributed by atoms with Crippen LogP contribution in [0.4, 0.5) is 4.39 Å². The number of furan rings is 2. The molecule has 1 spiro atoms. The number of carbonyl (C=O) groups is 2. The van der Waals surface area contributed by atoms with Crippen molar-refractivity contribution in [1.82, 2.24) is 4.90 Å². The fourth-order valence-electron chi connectivity index (χ4n) is 4.59. The summed E-state index contributed by atoms with van der Waals surface area (Å²) in [6.07, 6.45) is 5.85. The minimum absolute atomic E-state index is 0.158. The molecule has 0 saturated carbocycles. The van der Waals surface area contributed by atoms with Gasteiger partial charge in [0.1, 0.15) is 17.0 Å². The molecule has 4 heterocycles. The normalized spacial score (nSPS) is 18.2. The van der Waals surface area contributed by atoms with Gasteiger partial charge in [-0.2, -0.15) is 0 Å². The highest BCUT2D eigenvalue weighted by Crippen LogP contribution is 2.41.